The molecule has 2 N–H and O–H groups in total. The van der Waals surface area contributed by atoms with Crippen molar-refractivity contribution in [3.63, 3.8) is 0 Å². The quantitative estimate of drug-likeness (QED) is 0.440. The molecule has 5 rings (SSSR count). The van der Waals surface area contributed by atoms with Gasteiger partial charge in [0.05, 0.1) is 16.3 Å². The number of carbonyl (C=O) groups is 1. The maximum Gasteiger partial charge on any atom is 0.178 e. The SMILES string of the molecule is Nc1c(C(=O)C2CC2)sc2nc(-c3ccc(F)cc3)cc(-c3ccccc3)c12. The topological polar surface area (TPSA) is 56.0 Å². The zero-order valence-electron chi connectivity index (χ0n) is 15.0. The number of nitrogens with two attached hydrogens (primary N) is 1. The van der Waals surface area contributed by atoms with E-state index in [9.17, 15) is 9.18 Å². The smallest absolute Gasteiger partial charge is 0.178 e. The van der Waals surface area contributed by atoms with E-state index >= 15 is 0 Å². The van der Waals surface area contributed by atoms with Crippen LogP contribution in [0.1, 0.15) is 22.5 Å². The first-order valence-electron chi connectivity index (χ1n) is 9.20. The summed E-state index contributed by atoms with van der Waals surface area (Å²) in [4.78, 5) is 18.8. The van der Waals surface area contributed by atoms with Gasteiger partial charge in [-0.25, -0.2) is 9.37 Å². The highest BCUT2D eigenvalue weighted by Gasteiger charge is 2.33. The van der Waals surface area contributed by atoms with Crippen molar-refractivity contribution < 1.29 is 9.18 Å². The van der Waals surface area contributed by atoms with Crippen molar-refractivity contribution in [2.24, 2.45) is 5.92 Å². The Hall–Kier alpha value is -3.05. The first kappa shape index (κ1) is 17.1. The van der Waals surface area contributed by atoms with Crippen molar-refractivity contribution in [3.8, 4) is 22.4 Å². The van der Waals surface area contributed by atoms with E-state index in [1.54, 1.807) is 12.1 Å². The molecule has 0 bridgehead atoms. The van der Waals surface area contributed by atoms with Crippen molar-refractivity contribution in [2.45, 2.75) is 12.8 Å². The fraction of sp³-hybridized carbons (Fsp3) is 0.130. The van der Waals surface area contributed by atoms with Gasteiger partial charge >= 0.3 is 0 Å². The minimum absolute atomic E-state index is 0.104. The second-order valence-electron chi connectivity index (χ2n) is 7.09. The zero-order chi connectivity index (χ0) is 19.3. The summed E-state index contributed by atoms with van der Waals surface area (Å²) in [5.74, 6) is -0.0549. The van der Waals surface area contributed by atoms with Crippen LogP contribution in [0.15, 0.2) is 60.7 Å². The number of aromatic nitrogens is 1. The molecule has 0 saturated heterocycles. The number of fused-ring (bicyclic) bond motifs is 1. The van der Waals surface area contributed by atoms with Gasteiger partial charge in [-0.3, -0.25) is 4.79 Å². The molecule has 4 aromatic rings. The molecule has 138 valence electrons. The first-order valence-corrected chi connectivity index (χ1v) is 10.0. The summed E-state index contributed by atoms with van der Waals surface area (Å²) < 4.78 is 13.4. The molecular formula is C23H17FN2OS. The standard InChI is InChI=1S/C23H17FN2OS/c24-16-10-8-14(9-11-16)18-12-17(13-4-2-1-3-5-13)19-20(25)22(28-23(19)26-18)21(27)15-6-7-15/h1-5,8-12,15H,6-7,25H2. The second-order valence-corrected chi connectivity index (χ2v) is 8.09. The summed E-state index contributed by atoms with van der Waals surface area (Å²) in [7, 11) is 0. The average molecular weight is 388 g/mol. The van der Waals surface area contributed by atoms with Gasteiger partial charge in [0, 0.05) is 16.9 Å². The van der Waals surface area contributed by atoms with E-state index in [1.165, 1.54) is 23.5 Å². The maximum absolute atomic E-state index is 13.4. The van der Waals surface area contributed by atoms with Crippen molar-refractivity contribution in [3.05, 3.63) is 71.4 Å². The summed E-state index contributed by atoms with van der Waals surface area (Å²) in [5.41, 5.74) is 10.5. The number of rotatable bonds is 4. The normalized spacial score (nSPS) is 13.8. The molecule has 0 aliphatic heterocycles. The molecule has 5 heteroatoms. The number of anilines is 1. The number of hydrogen-bond acceptors (Lipinski definition) is 4. The predicted molar refractivity (Wildman–Crippen MR) is 112 cm³/mol. The summed E-state index contributed by atoms with van der Waals surface area (Å²) >= 11 is 1.36. The van der Waals surface area contributed by atoms with Crippen molar-refractivity contribution in [2.75, 3.05) is 5.73 Å². The van der Waals surface area contributed by atoms with Crippen molar-refractivity contribution in [1.82, 2.24) is 4.98 Å². The van der Waals surface area contributed by atoms with Crippen LogP contribution in [0.25, 0.3) is 32.6 Å². The lowest BCUT2D eigenvalue weighted by atomic mass is 9.99. The van der Waals surface area contributed by atoms with Gasteiger partial charge in [0.2, 0.25) is 0 Å². The third-order valence-electron chi connectivity index (χ3n) is 5.10. The molecule has 1 saturated carbocycles. The number of halogens is 1. The molecule has 0 radical (unpaired) electrons. The lowest BCUT2D eigenvalue weighted by Crippen LogP contribution is -2.01. The average Bonchev–Trinajstić information content (AvgIpc) is 3.52. The highest BCUT2D eigenvalue weighted by Crippen LogP contribution is 2.44. The highest BCUT2D eigenvalue weighted by atomic mass is 32.1. The van der Waals surface area contributed by atoms with Crippen LogP contribution in [0.4, 0.5) is 10.1 Å². The number of pyridine rings is 1. The molecule has 0 unspecified atom stereocenters. The Bertz CT molecular complexity index is 1190. The van der Waals surface area contributed by atoms with Crippen LogP contribution in [-0.2, 0) is 0 Å². The third kappa shape index (κ3) is 2.88. The zero-order valence-corrected chi connectivity index (χ0v) is 15.8. The first-order chi connectivity index (χ1) is 13.6. The van der Waals surface area contributed by atoms with Gasteiger partial charge in [-0.2, -0.15) is 0 Å². The molecular weight excluding hydrogens is 371 g/mol. The van der Waals surface area contributed by atoms with Crippen LogP contribution >= 0.6 is 11.3 Å². The Kier molecular flexibility index (Phi) is 3.98. The number of Topliss-reactive ketones (excluding diaryl/α,β-unsaturated/α-hetero) is 1. The van der Waals surface area contributed by atoms with E-state index < -0.39 is 0 Å². The van der Waals surface area contributed by atoms with Gasteiger partial charge in [-0.15, -0.1) is 11.3 Å². The van der Waals surface area contributed by atoms with Crippen LogP contribution in [0.2, 0.25) is 0 Å². The molecule has 1 aliphatic rings. The Morgan fingerprint density at radius 2 is 1.75 bits per heavy atom. The van der Waals surface area contributed by atoms with E-state index in [1.807, 2.05) is 36.4 Å². The molecule has 0 amide bonds. The third-order valence-corrected chi connectivity index (χ3v) is 6.21. The molecule has 0 atom stereocenters. The number of benzene rings is 2. The van der Waals surface area contributed by atoms with Gasteiger partial charge in [-0.1, -0.05) is 30.3 Å². The van der Waals surface area contributed by atoms with Crippen LogP contribution in [0, 0.1) is 11.7 Å². The van der Waals surface area contributed by atoms with Crippen LogP contribution < -0.4 is 5.73 Å². The van der Waals surface area contributed by atoms with E-state index in [0.717, 1.165) is 45.4 Å². The number of ketones is 1. The van der Waals surface area contributed by atoms with E-state index in [2.05, 4.69) is 0 Å². The van der Waals surface area contributed by atoms with Gasteiger partial charge in [0.25, 0.3) is 0 Å². The lowest BCUT2D eigenvalue weighted by molar-refractivity contribution is 0.0972. The van der Waals surface area contributed by atoms with Gasteiger partial charge in [-0.05, 0) is 54.3 Å². The largest absolute Gasteiger partial charge is 0.397 e. The number of thiophene rings is 1. The second kappa shape index (κ2) is 6.53. The summed E-state index contributed by atoms with van der Waals surface area (Å²) in [6.07, 6.45) is 1.87. The monoisotopic (exact) mass is 388 g/mol. The minimum atomic E-state index is -0.286. The van der Waals surface area contributed by atoms with E-state index in [-0.39, 0.29) is 17.5 Å². The lowest BCUT2D eigenvalue weighted by Gasteiger charge is -2.09. The highest BCUT2D eigenvalue weighted by molar-refractivity contribution is 7.21. The fourth-order valence-electron chi connectivity index (χ4n) is 3.45. The van der Waals surface area contributed by atoms with Gasteiger partial charge in [0.15, 0.2) is 5.78 Å². The molecule has 28 heavy (non-hydrogen) atoms. The number of nitrogen functional groups attached to an aromatic ring is 1. The minimum Gasteiger partial charge on any atom is -0.397 e. The molecule has 2 aromatic heterocycles. The number of hydrogen-bond donors (Lipinski definition) is 1. The van der Waals surface area contributed by atoms with Crippen molar-refractivity contribution >= 4 is 33.0 Å². The van der Waals surface area contributed by atoms with Crippen LogP contribution in [-0.4, -0.2) is 10.8 Å². The molecule has 0 spiro atoms. The Labute approximate surface area is 165 Å². The molecule has 2 heterocycles. The Balaban J connectivity index is 1.77. The summed E-state index contributed by atoms with van der Waals surface area (Å²) in [5, 5.41) is 0.825. The molecule has 1 fully saturated rings. The van der Waals surface area contributed by atoms with Crippen LogP contribution in [0.3, 0.4) is 0 Å². The van der Waals surface area contributed by atoms with E-state index in [0.29, 0.717) is 10.6 Å². The predicted octanol–water partition coefficient (Wildman–Crippen LogP) is 5.94. The fourth-order valence-corrected chi connectivity index (χ4v) is 4.59. The Morgan fingerprint density at radius 1 is 1.04 bits per heavy atom. The number of carbonyl (C=O) groups excluding carboxylic acids is 1. The summed E-state index contributed by atoms with van der Waals surface area (Å²) in [6.45, 7) is 0. The number of nitrogens with zero attached hydrogens (tertiary/aromatic N) is 1. The van der Waals surface area contributed by atoms with E-state index in [4.69, 9.17) is 10.7 Å². The van der Waals surface area contributed by atoms with Crippen molar-refractivity contribution in [1.29, 1.82) is 0 Å². The maximum atomic E-state index is 13.4. The molecule has 3 nitrogen and oxygen atoms in total. The summed E-state index contributed by atoms with van der Waals surface area (Å²) in [6, 6.07) is 18.2. The van der Waals surface area contributed by atoms with Gasteiger partial charge < -0.3 is 5.73 Å². The van der Waals surface area contributed by atoms with Gasteiger partial charge in [0.1, 0.15) is 10.6 Å². The Morgan fingerprint density at radius 3 is 2.43 bits per heavy atom. The molecule has 2 aromatic carbocycles. The van der Waals surface area contributed by atoms with Crippen LogP contribution in [0.5, 0.6) is 0 Å². The molecule has 1 aliphatic carbocycles.